The van der Waals surface area contributed by atoms with Crippen LogP contribution in [0.1, 0.15) is 28.2 Å². The number of benzene rings is 1. The van der Waals surface area contributed by atoms with Gasteiger partial charge in [0.05, 0.1) is 11.6 Å². The fourth-order valence-corrected chi connectivity index (χ4v) is 3.05. The summed E-state index contributed by atoms with van der Waals surface area (Å²) in [4.78, 5) is 30.6. The molecule has 5 nitrogen and oxygen atoms in total. The third-order valence-electron chi connectivity index (χ3n) is 3.79. The van der Waals surface area contributed by atoms with Gasteiger partial charge >= 0.3 is 0 Å². The van der Waals surface area contributed by atoms with Gasteiger partial charge in [-0.2, -0.15) is 0 Å². The Hall–Kier alpha value is -2.21. The zero-order chi connectivity index (χ0) is 16.1. The first kappa shape index (κ1) is 15.7. The maximum Gasteiger partial charge on any atom is 0.251 e. The maximum absolute atomic E-state index is 12.4. The van der Waals surface area contributed by atoms with Crippen LogP contribution >= 0.6 is 11.3 Å². The van der Waals surface area contributed by atoms with E-state index in [1.165, 1.54) is 0 Å². The Morgan fingerprint density at radius 1 is 1.26 bits per heavy atom. The van der Waals surface area contributed by atoms with Crippen molar-refractivity contribution < 1.29 is 9.59 Å². The van der Waals surface area contributed by atoms with Crippen molar-refractivity contribution in [2.45, 2.75) is 25.3 Å². The van der Waals surface area contributed by atoms with Gasteiger partial charge in [0.15, 0.2) is 0 Å². The molecule has 0 spiro atoms. The number of carbonyl (C=O) groups is 2. The van der Waals surface area contributed by atoms with Crippen molar-refractivity contribution in [3.63, 3.8) is 0 Å². The van der Waals surface area contributed by atoms with Gasteiger partial charge in [0, 0.05) is 36.1 Å². The molecule has 1 aliphatic carbocycles. The predicted octanol–water partition coefficient (Wildman–Crippen LogP) is 2.11. The summed E-state index contributed by atoms with van der Waals surface area (Å²) in [7, 11) is 0. The van der Waals surface area contributed by atoms with Crippen molar-refractivity contribution in [3.05, 3.63) is 52.5 Å². The molecule has 0 bridgehead atoms. The average molecular weight is 329 g/mol. The number of hydrogen-bond acceptors (Lipinski definition) is 4. The Morgan fingerprint density at radius 2 is 2.04 bits per heavy atom. The van der Waals surface area contributed by atoms with E-state index in [9.17, 15) is 9.59 Å². The van der Waals surface area contributed by atoms with Crippen LogP contribution in [0.2, 0.25) is 0 Å². The van der Waals surface area contributed by atoms with Crippen molar-refractivity contribution >= 4 is 23.2 Å². The van der Waals surface area contributed by atoms with Crippen LogP contribution in [0.4, 0.5) is 0 Å². The van der Waals surface area contributed by atoms with Gasteiger partial charge in [-0.15, -0.1) is 11.3 Å². The summed E-state index contributed by atoms with van der Waals surface area (Å²) in [6.45, 7) is 0.709. The van der Waals surface area contributed by atoms with E-state index >= 15 is 0 Å². The minimum atomic E-state index is -0.213. The van der Waals surface area contributed by atoms with E-state index in [2.05, 4.69) is 10.3 Å². The lowest BCUT2D eigenvalue weighted by Gasteiger charge is -2.22. The van der Waals surface area contributed by atoms with Gasteiger partial charge in [0.25, 0.3) is 5.91 Å². The first-order valence-electron chi connectivity index (χ1n) is 7.75. The highest BCUT2D eigenvalue weighted by atomic mass is 32.1. The molecule has 0 aliphatic heterocycles. The molecule has 1 fully saturated rings. The lowest BCUT2D eigenvalue weighted by Crippen LogP contribution is -2.42. The highest BCUT2D eigenvalue weighted by Gasteiger charge is 2.32. The number of hydrogen-bond donors (Lipinski definition) is 1. The SMILES string of the molecule is O=C(NCC(=O)N(CCc1nccs1)C1CC1)c1ccccc1. The number of nitrogens with zero attached hydrogens (tertiary/aromatic N) is 2. The molecule has 1 saturated carbocycles. The van der Waals surface area contributed by atoms with Crippen molar-refractivity contribution in [1.29, 1.82) is 0 Å². The second kappa shape index (κ2) is 7.37. The first-order chi connectivity index (χ1) is 11.2. The van der Waals surface area contributed by atoms with Crippen LogP contribution < -0.4 is 5.32 Å². The summed E-state index contributed by atoms with van der Waals surface area (Å²) >= 11 is 1.61. The fraction of sp³-hybridized carbons (Fsp3) is 0.353. The molecule has 1 aliphatic rings. The number of thiazole rings is 1. The summed E-state index contributed by atoms with van der Waals surface area (Å²) in [5.41, 5.74) is 0.570. The molecule has 0 atom stereocenters. The molecule has 2 aromatic rings. The Bertz CT molecular complexity index is 654. The Balaban J connectivity index is 1.51. The van der Waals surface area contributed by atoms with E-state index in [0.29, 0.717) is 18.2 Å². The molecular formula is C17H19N3O2S. The minimum Gasteiger partial charge on any atom is -0.343 e. The summed E-state index contributed by atoms with van der Waals surface area (Å²) in [6, 6.07) is 9.27. The molecule has 0 saturated heterocycles. The largest absolute Gasteiger partial charge is 0.343 e. The second-order valence-corrected chi connectivity index (χ2v) is 6.52. The quantitative estimate of drug-likeness (QED) is 0.846. The molecule has 6 heteroatoms. The summed E-state index contributed by atoms with van der Waals surface area (Å²) in [5.74, 6) is -0.233. The zero-order valence-electron chi connectivity index (χ0n) is 12.8. The van der Waals surface area contributed by atoms with Crippen LogP contribution in [0, 0.1) is 0 Å². The number of carbonyl (C=O) groups excluding carboxylic acids is 2. The highest BCUT2D eigenvalue weighted by molar-refractivity contribution is 7.09. The fourth-order valence-electron chi connectivity index (χ4n) is 2.44. The first-order valence-corrected chi connectivity index (χ1v) is 8.63. The monoisotopic (exact) mass is 329 g/mol. The molecule has 1 heterocycles. The summed E-state index contributed by atoms with van der Waals surface area (Å²) in [6.07, 6.45) is 4.66. The maximum atomic E-state index is 12.4. The normalized spacial score (nSPS) is 13.6. The third-order valence-corrected chi connectivity index (χ3v) is 4.63. The Kier molecular flexibility index (Phi) is 5.02. The lowest BCUT2D eigenvalue weighted by molar-refractivity contribution is -0.130. The Morgan fingerprint density at radius 3 is 2.70 bits per heavy atom. The molecule has 3 rings (SSSR count). The van der Waals surface area contributed by atoms with E-state index in [4.69, 9.17) is 0 Å². The van der Waals surface area contributed by atoms with E-state index in [0.717, 1.165) is 24.3 Å². The molecule has 1 aromatic heterocycles. The number of nitrogens with one attached hydrogen (secondary N) is 1. The van der Waals surface area contributed by atoms with Crippen molar-refractivity contribution in [3.8, 4) is 0 Å². The van der Waals surface area contributed by atoms with Crippen molar-refractivity contribution in [1.82, 2.24) is 15.2 Å². The molecule has 0 radical (unpaired) electrons. The van der Waals surface area contributed by atoms with Crippen LogP contribution in [0.15, 0.2) is 41.9 Å². The minimum absolute atomic E-state index is 0.0201. The van der Waals surface area contributed by atoms with Crippen LogP contribution in [0.3, 0.4) is 0 Å². The molecule has 0 unspecified atom stereocenters. The van der Waals surface area contributed by atoms with Crippen molar-refractivity contribution in [2.24, 2.45) is 0 Å². The van der Waals surface area contributed by atoms with Crippen LogP contribution in [-0.2, 0) is 11.2 Å². The van der Waals surface area contributed by atoms with Gasteiger partial charge in [-0.3, -0.25) is 9.59 Å². The van der Waals surface area contributed by atoms with E-state index in [1.807, 2.05) is 16.3 Å². The molecular weight excluding hydrogens is 310 g/mol. The molecule has 23 heavy (non-hydrogen) atoms. The third kappa shape index (κ3) is 4.39. The highest BCUT2D eigenvalue weighted by Crippen LogP contribution is 2.27. The van der Waals surface area contributed by atoms with Crippen LogP contribution in [0.5, 0.6) is 0 Å². The Labute approximate surface area is 139 Å². The number of amides is 2. The lowest BCUT2D eigenvalue weighted by atomic mass is 10.2. The number of rotatable bonds is 7. The average Bonchev–Trinajstić information content (AvgIpc) is 3.28. The topological polar surface area (TPSA) is 62.3 Å². The van der Waals surface area contributed by atoms with E-state index in [1.54, 1.807) is 41.8 Å². The van der Waals surface area contributed by atoms with Gasteiger partial charge in [-0.25, -0.2) is 4.98 Å². The molecule has 2 amide bonds. The summed E-state index contributed by atoms with van der Waals surface area (Å²) < 4.78 is 0. The smallest absolute Gasteiger partial charge is 0.251 e. The van der Waals surface area contributed by atoms with Gasteiger partial charge in [-0.05, 0) is 25.0 Å². The second-order valence-electron chi connectivity index (χ2n) is 5.54. The summed E-state index contributed by atoms with van der Waals surface area (Å²) in [5, 5.41) is 5.69. The van der Waals surface area contributed by atoms with E-state index in [-0.39, 0.29) is 18.4 Å². The standard InChI is InChI=1S/C17H19N3O2S/c21-16(12-19-17(22)13-4-2-1-3-5-13)20(14-6-7-14)10-8-15-18-9-11-23-15/h1-5,9,11,14H,6-8,10,12H2,(H,19,22). The number of aromatic nitrogens is 1. The predicted molar refractivity (Wildman–Crippen MR) is 89.3 cm³/mol. The van der Waals surface area contributed by atoms with Gasteiger partial charge in [0.2, 0.25) is 5.91 Å². The molecule has 120 valence electrons. The van der Waals surface area contributed by atoms with E-state index < -0.39 is 0 Å². The molecule has 1 aromatic carbocycles. The molecule has 1 N–H and O–H groups in total. The van der Waals surface area contributed by atoms with Crippen LogP contribution in [0.25, 0.3) is 0 Å². The van der Waals surface area contributed by atoms with Gasteiger partial charge < -0.3 is 10.2 Å². The van der Waals surface area contributed by atoms with Gasteiger partial charge in [0.1, 0.15) is 0 Å². The van der Waals surface area contributed by atoms with Crippen LogP contribution in [-0.4, -0.2) is 40.8 Å². The van der Waals surface area contributed by atoms with Gasteiger partial charge in [-0.1, -0.05) is 18.2 Å². The van der Waals surface area contributed by atoms with Crippen molar-refractivity contribution in [2.75, 3.05) is 13.1 Å². The zero-order valence-corrected chi connectivity index (χ0v) is 13.6.